The van der Waals surface area contributed by atoms with E-state index in [1.807, 2.05) is 14.1 Å². The molecule has 0 aliphatic heterocycles. The van der Waals surface area contributed by atoms with E-state index in [0.29, 0.717) is 5.56 Å². The minimum absolute atomic E-state index is 0.154. The number of nitrogens with zero attached hydrogens (tertiary/aromatic N) is 1. The number of aliphatic hydroxyl groups is 1. The topological polar surface area (TPSA) is 52.6 Å². The van der Waals surface area contributed by atoms with E-state index in [1.165, 1.54) is 24.3 Å². The van der Waals surface area contributed by atoms with Crippen molar-refractivity contribution in [1.29, 1.82) is 0 Å². The van der Waals surface area contributed by atoms with E-state index in [1.54, 1.807) is 18.7 Å². The Morgan fingerprint density at radius 1 is 1.26 bits per heavy atom. The summed E-state index contributed by atoms with van der Waals surface area (Å²) in [5.74, 6) is -0.507. The number of benzene rings is 1. The van der Waals surface area contributed by atoms with Gasteiger partial charge < -0.3 is 10.4 Å². The number of hydrogen-bond donors (Lipinski definition) is 2. The Morgan fingerprint density at radius 3 is 2.26 bits per heavy atom. The zero-order chi connectivity index (χ0) is 14.6. The molecule has 0 bridgehead atoms. The van der Waals surface area contributed by atoms with E-state index < -0.39 is 12.1 Å². The third-order valence-electron chi connectivity index (χ3n) is 3.21. The molecule has 2 N–H and O–H groups in total. The lowest BCUT2D eigenvalue weighted by atomic mass is 10.0. The summed E-state index contributed by atoms with van der Waals surface area (Å²) in [4.78, 5) is 13.6. The van der Waals surface area contributed by atoms with Crippen molar-refractivity contribution < 1.29 is 14.3 Å². The molecule has 0 spiro atoms. The van der Waals surface area contributed by atoms with E-state index in [9.17, 15) is 14.3 Å². The van der Waals surface area contributed by atoms with Gasteiger partial charge in [-0.3, -0.25) is 9.69 Å². The summed E-state index contributed by atoms with van der Waals surface area (Å²) in [6, 6.07) is 4.88. The maximum absolute atomic E-state index is 12.8. The lowest BCUT2D eigenvalue weighted by Crippen LogP contribution is -2.46. The van der Waals surface area contributed by atoms with Crippen LogP contribution in [0.4, 0.5) is 4.39 Å². The average molecular weight is 268 g/mol. The van der Waals surface area contributed by atoms with Crippen LogP contribution < -0.4 is 5.32 Å². The number of likely N-dealkylation sites (N-methyl/N-ethyl adjacent to an activating group) is 1. The monoisotopic (exact) mass is 268 g/mol. The number of carbonyl (C=O) groups is 1. The largest absolute Gasteiger partial charge is 0.386 e. The van der Waals surface area contributed by atoms with Crippen LogP contribution in [0.2, 0.25) is 0 Å². The van der Waals surface area contributed by atoms with Crippen LogP contribution >= 0.6 is 0 Å². The molecule has 0 heterocycles. The summed E-state index contributed by atoms with van der Waals surface area (Å²) < 4.78 is 12.8. The van der Waals surface area contributed by atoms with Gasteiger partial charge in [0, 0.05) is 0 Å². The number of amides is 1. The SMILES string of the molecule is CC(NC(=O)[C@H](C)N(C)C)C(O)c1ccc(F)cc1. The Morgan fingerprint density at radius 2 is 1.79 bits per heavy atom. The Kier molecular flexibility index (Phi) is 5.44. The van der Waals surface area contributed by atoms with Gasteiger partial charge in [0.25, 0.3) is 0 Å². The summed E-state index contributed by atoms with van der Waals surface area (Å²) >= 11 is 0. The molecule has 0 aliphatic carbocycles. The molecule has 0 aromatic heterocycles. The Bertz CT molecular complexity index is 420. The van der Waals surface area contributed by atoms with Crippen LogP contribution in [0.15, 0.2) is 24.3 Å². The number of carbonyl (C=O) groups excluding carboxylic acids is 1. The quantitative estimate of drug-likeness (QED) is 0.846. The molecule has 0 radical (unpaired) electrons. The minimum Gasteiger partial charge on any atom is -0.386 e. The predicted octanol–water partition coefficient (Wildman–Crippen LogP) is 1.31. The highest BCUT2D eigenvalue weighted by molar-refractivity contribution is 5.81. The Balaban J connectivity index is 2.65. The molecular weight excluding hydrogens is 247 g/mol. The highest BCUT2D eigenvalue weighted by Gasteiger charge is 2.22. The molecule has 0 fully saturated rings. The lowest BCUT2D eigenvalue weighted by Gasteiger charge is -2.25. The van der Waals surface area contributed by atoms with Crippen LogP contribution in [0.5, 0.6) is 0 Å². The van der Waals surface area contributed by atoms with Gasteiger partial charge in [0.1, 0.15) is 5.82 Å². The van der Waals surface area contributed by atoms with E-state index in [-0.39, 0.29) is 17.8 Å². The highest BCUT2D eigenvalue weighted by atomic mass is 19.1. The van der Waals surface area contributed by atoms with E-state index in [2.05, 4.69) is 5.32 Å². The second-order valence-corrected chi connectivity index (χ2v) is 4.93. The maximum atomic E-state index is 12.8. The van der Waals surface area contributed by atoms with Gasteiger partial charge in [0.15, 0.2) is 0 Å². The Hall–Kier alpha value is -1.46. The predicted molar refractivity (Wildman–Crippen MR) is 72.1 cm³/mol. The van der Waals surface area contributed by atoms with Gasteiger partial charge in [-0.1, -0.05) is 12.1 Å². The summed E-state index contributed by atoms with van der Waals surface area (Å²) in [6.45, 7) is 3.50. The van der Waals surface area contributed by atoms with Gasteiger partial charge >= 0.3 is 0 Å². The van der Waals surface area contributed by atoms with Gasteiger partial charge in [0.2, 0.25) is 5.91 Å². The van der Waals surface area contributed by atoms with Crippen molar-refractivity contribution in [2.75, 3.05) is 14.1 Å². The number of nitrogens with one attached hydrogen (secondary N) is 1. The van der Waals surface area contributed by atoms with Crippen LogP contribution in [0, 0.1) is 5.82 Å². The standard InChI is InChI=1S/C14H21FN2O2/c1-9(16-14(19)10(2)17(3)4)13(18)11-5-7-12(15)8-6-11/h5-10,13,18H,1-4H3,(H,16,19)/t9?,10-,13?/m0/s1. The molecule has 0 aliphatic rings. The van der Waals surface area contributed by atoms with E-state index in [0.717, 1.165) is 0 Å². The van der Waals surface area contributed by atoms with E-state index in [4.69, 9.17) is 0 Å². The fourth-order valence-corrected chi connectivity index (χ4v) is 1.61. The highest BCUT2D eigenvalue weighted by Crippen LogP contribution is 2.17. The normalized spacial score (nSPS) is 15.9. The molecule has 1 aromatic rings. The van der Waals surface area contributed by atoms with Crippen LogP contribution in [0.3, 0.4) is 0 Å². The summed E-state index contributed by atoms with van der Waals surface area (Å²) in [5, 5.41) is 12.8. The molecule has 1 amide bonds. The summed E-state index contributed by atoms with van der Waals surface area (Å²) in [7, 11) is 3.62. The molecule has 19 heavy (non-hydrogen) atoms. The molecular formula is C14H21FN2O2. The number of halogens is 1. The fraction of sp³-hybridized carbons (Fsp3) is 0.500. The number of rotatable bonds is 5. The smallest absolute Gasteiger partial charge is 0.237 e. The summed E-state index contributed by atoms with van der Waals surface area (Å²) in [6.07, 6.45) is -0.862. The van der Waals surface area contributed by atoms with Crippen molar-refractivity contribution in [3.05, 3.63) is 35.6 Å². The average Bonchev–Trinajstić information content (AvgIpc) is 2.37. The molecule has 2 unspecified atom stereocenters. The van der Waals surface area contributed by atoms with Gasteiger partial charge in [-0.05, 0) is 45.6 Å². The van der Waals surface area contributed by atoms with Gasteiger partial charge in [-0.15, -0.1) is 0 Å². The van der Waals surface area contributed by atoms with Crippen molar-refractivity contribution in [1.82, 2.24) is 10.2 Å². The molecule has 0 saturated heterocycles. The number of aliphatic hydroxyl groups excluding tert-OH is 1. The molecule has 106 valence electrons. The zero-order valence-electron chi connectivity index (χ0n) is 11.7. The molecule has 0 saturated carbocycles. The van der Waals surface area contributed by atoms with Gasteiger partial charge in [-0.2, -0.15) is 0 Å². The van der Waals surface area contributed by atoms with Crippen LogP contribution in [0.25, 0.3) is 0 Å². The van der Waals surface area contributed by atoms with Crippen LogP contribution in [-0.2, 0) is 4.79 Å². The van der Waals surface area contributed by atoms with Crippen LogP contribution in [-0.4, -0.2) is 42.1 Å². The first-order chi connectivity index (χ1) is 8.82. The third kappa shape index (κ3) is 4.29. The first kappa shape index (κ1) is 15.6. The first-order valence-electron chi connectivity index (χ1n) is 6.23. The Labute approximate surface area is 113 Å². The van der Waals surface area contributed by atoms with Crippen LogP contribution in [0.1, 0.15) is 25.5 Å². The second-order valence-electron chi connectivity index (χ2n) is 4.93. The van der Waals surface area contributed by atoms with Gasteiger partial charge in [0.05, 0.1) is 18.2 Å². The van der Waals surface area contributed by atoms with Gasteiger partial charge in [-0.25, -0.2) is 4.39 Å². The third-order valence-corrected chi connectivity index (χ3v) is 3.21. The van der Waals surface area contributed by atoms with Crippen molar-refractivity contribution in [2.24, 2.45) is 0 Å². The maximum Gasteiger partial charge on any atom is 0.237 e. The molecule has 1 rings (SSSR count). The summed E-state index contributed by atoms with van der Waals surface area (Å²) in [5.41, 5.74) is 0.576. The fourth-order valence-electron chi connectivity index (χ4n) is 1.61. The first-order valence-corrected chi connectivity index (χ1v) is 6.23. The van der Waals surface area contributed by atoms with E-state index >= 15 is 0 Å². The van der Waals surface area contributed by atoms with Crippen molar-refractivity contribution in [2.45, 2.75) is 32.0 Å². The zero-order valence-corrected chi connectivity index (χ0v) is 11.7. The lowest BCUT2D eigenvalue weighted by molar-refractivity contribution is -0.126. The van der Waals surface area contributed by atoms with Crippen molar-refractivity contribution >= 4 is 5.91 Å². The molecule has 3 atom stereocenters. The van der Waals surface area contributed by atoms with Crippen molar-refractivity contribution in [3.8, 4) is 0 Å². The minimum atomic E-state index is -0.862. The van der Waals surface area contributed by atoms with Crippen molar-refractivity contribution in [3.63, 3.8) is 0 Å². The second kappa shape index (κ2) is 6.63. The number of hydrogen-bond acceptors (Lipinski definition) is 3. The molecule has 1 aromatic carbocycles. The molecule has 4 nitrogen and oxygen atoms in total. The molecule has 5 heteroatoms.